The zero-order chi connectivity index (χ0) is 18.9. The molecule has 0 saturated heterocycles. The van der Waals surface area contributed by atoms with E-state index in [4.69, 9.17) is 5.11 Å². The lowest BCUT2D eigenvalue weighted by molar-refractivity contribution is -0.139. The minimum Gasteiger partial charge on any atom is -0.481 e. The van der Waals surface area contributed by atoms with E-state index in [1.165, 1.54) is 12.1 Å². The van der Waals surface area contributed by atoms with Gasteiger partial charge in [-0.3, -0.25) is 4.79 Å². The molecule has 5 heteroatoms. The fourth-order valence-electron chi connectivity index (χ4n) is 2.71. The van der Waals surface area contributed by atoms with Crippen molar-refractivity contribution in [2.24, 2.45) is 0 Å². The maximum atomic E-state index is 13.0. The molecule has 0 fully saturated rings. The zero-order valence-electron chi connectivity index (χ0n) is 14.4. The second-order valence-corrected chi connectivity index (χ2v) is 6.24. The lowest BCUT2D eigenvalue weighted by Gasteiger charge is -2.11. The summed E-state index contributed by atoms with van der Waals surface area (Å²) in [6.07, 6.45) is 2.45. The van der Waals surface area contributed by atoms with Gasteiger partial charge < -0.3 is 15.3 Å². The van der Waals surface area contributed by atoms with Gasteiger partial charge in [-0.2, -0.15) is 0 Å². The minimum absolute atomic E-state index is 0.0272. The van der Waals surface area contributed by atoms with Gasteiger partial charge >= 0.3 is 5.97 Å². The van der Waals surface area contributed by atoms with Crippen LogP contribution in [0.1, 0.15) is 29.5 Å². The van der Waals surface area contributed by atoms with Gasteiger partial charge in [-0.25, -0.2) is 4.39 Å². The summed E-state index contributed by atoms with van der Waals surface area (Å²) < 4.78 is 13.0. The summed E-state index contributed by atoms with van der Waals surface area (Å²) in [5.74, 6) is -1.35. The highest BCUT2D eigenvalue weighted by Crippen LogP contribution is 2.16. The number of hydrogen-bond acceptors (Lipinski definition) is 3. The molecular weight excluding hydrogens is 335 g/mol. The fraction of sp³-hybridized carbons (Fsp3) is 0.286. The molecule has 0 radical (unpaired) electrons. The number of benzene rings is 2. The van der Waals surface area contributed by atoms with Gasteiger partial charge in [0.2, 0.25) is 0 Å². The van der Waals surface area contributed by atoms with Crippen LogP contribution in [0.15, 0.2) is 54.6 Å². The summed E-state index contributed by atoms with van der Waals surface area (Å²) in [6.45, 7) is 0. The lowest BCUT2D eigenvalue weighted by Crippen LogP contribution is -2.19. The molecule has 26 heavy (non-hydrogen) atoms. The molecular formula is C21H23FO4. The van der Waals surface area contributed by atoms with Gasteiger partial charge in [-0.05, 0) is 41.7 Å². The van der Waals surface area contributed by atoms with Gasteiger partial charge in [-0.1, -0.05) is 48.6 Å². The first-order chi connectivity index (χ1) is 12.4. The van der Waals surface area contributed by atoms with Crippen LogP contribution in [0.4, 0.5) is 4.39 Å². The molecule has 2 aromatic rings. The predicted octanol–water partition coefficient (Wildman–Crippen LogP) is 3.21. The molecule has 0 aromatic heterocycles. The first kappa shape index (κ1) is 19.8. The van der Waals surface area contributed by atoms with Crippen molar-refractivity contribution in [3.05, 3.63) is 77.1 Å². The molecule has 0 heterocycles. The molecule has 138 valence electrons. The predicted molar refractivity (Wildman–Crippen MR) is 98.2 cm³/mol. The number of carboxylic acid groups (broad SMARTS) is 1. The number of carboxylic acids is 1. The van der Waals surface area contributed by atoms with Gasteiger partial charge in [0.25, 0.3) is 0 Å². The van der Waals surface area contributed by atoms with Crippen LogP contribution in [0.5, 0.6) is 0 Å². The van der Waals surface area contributed by atoms with Gasteiger partial charge in [0, 0.05) is 6.42 Å². The molecule has 0 unspecified atom stereocenters. The first-order valence-electron chi connectivity index (χ1n) is 8.52. The van der Waals surface area contributed by atoms with E-state index in [1.54, 1.807) is 24.3 Å². The highest BCUT2D eigenvalue weighted by Gasteiger charge is 2.13. The van der Waals surface area contributed by atoms with Crippen molar-refractivity contribution >= 4 is 12.0 Å². The monoisotopic (exact) mass is 358 g/mol. The van der Waals surface area contributed by atoms with Crippen LogP contribution in [-0.4, -0.2) is 33.5 Å². The molecule has 0 aliphatic carbocycles. The van der Waals surface area contributed by atoms with Crippen LogP contribution in [0.2, 0.25) is 0 Å². The number of rotatable bonds is 9. The molecule has 0 bridgehead atoms. The van der Waals surface area contributed by atoms with Crippen molar-refractivity contribution < 1.29 is 24.5 Å². The molecule has 2 aromatic carbocycles. The van der Waals surface area contributed by atoms with Crippen molar-refractivity contribution in [2.75, 3.05) is 0 Å². The van der Waals surface area contributed by atoms with E-state index in [9.17, 15) is 19.4 Å². The average Bonchev–Trinajstić information content (AvgIpc) is 2.59. The third-order valence-corrected chi connectivity index (χ3v) is 4.07. The number of aliphatic hydroxyl groups is 2. The Morgan fingerprint density at radius 1 is 1.04 bits per heavy atom. The maximum absolute atomic E-state index is 13.0. The average molecular weight is 358 g/mol. The SMILES string of the molecule is O=C(O)C[C@H](O)C[C@H](O)/C=C/c1ccccc1CCc1ccc(F)cc1. The Bertz CT molecular complexity index is 740. The zero-order valence-corrected chi connectivity index (χ0v) is 14.4. The molecule has 0 amide bonds. The van der Waals surface area contributed by atoms with E-state index in [1.807, 2.05) is 24.3 Å². The second-order valence-electron chi connectivity index (χ2n) is 6.24. The minimum atomic E-state index is -1.10. The summed E-state index contributed by atoms with van der Waals surface area (Å²) in [5.41, 5.74) is 3.08. The van der Waals surface area contributed by atoms with Gasteiger partial charge in [0.05, 0.1) is 18.6 Å². The van der Waals surface area contributed by atoms with Gasteiger partial charge in [-0.15, -0.1) is 0 Å². The topological polar surface area (TPSA) is 77.8 Å². The summed E-state index contributed by atoms with van der Waals surface area (Å²) >= 11 is 0. The van der Waals surface area contributed by atoms with Crippen molar-refractivity contribution in [2.45, 2.75) is 37.9 Å². The van der Waals surface area contributed by atoms with E-state index in [2.05, 4.69) is 0 Å². The van der Waals surface area contributed by atoms with Crippen molar-refractivity contribution in [3.63, 3.8) is 0 Å². The van der Waals surface area contributed by atoms with E-state index in [0.717, 1.165) is 29.5 Å². The normalized spacial score (nSPS) is 13.7. The van der Waals surface area contributed by atoms with Gasteiger partial charge in [0.1, 0.15) is 5.82 Å². The molecule has 3 N–H and O–H groups in total. The summed E-state index contributed by atoms with van der Waals surface area (Å²) in [5, 5.41) is 28.1. The molecule has 0 aliphatic heterocycles. The van der Waals surface area contributed by atoms with E-state index >= 15 is 0 Å². The molecule has 4 nitrogen and oxygen atoms in total. The number of hydrogen-bond donors (Lipinski definition) is 3. The highest BCUT2D eigenvalue weighted by atomic mass is 19.1. The van der Waals surface area contributed by atoms with Crippen molar-refractivity contribution in [1.82, 2.24) is 0 Å². The summed E-state index contributed by atoms with van der Waals surface area (Å²) in [7, 11) is 0. The quantitative estimate of drug-likeness (QED) is 0.643. The van der Waals surface area contributed by atoms with Crippen LogP contribution in [-0.2, 0) is 17.6 Å². The number of aliphatic hydroxyl groups excluding tert-OH is 2. The highest BCUT2D eigenvalue weighted by molar-refractivity contribution is 5.67. The third-order valence-electron chi connectivity index (χ3n) is 4.07. The maximum Gasteiger partial charge on any atom is 0.305 e. The van der Waals surface area contributed by atoms with Crippen LogP contribution < -0.4 is 0 Å². The smallest absolute Gasteiger partial charge is 0.305 e. The van der Waals surface area contributed by atoms with Crippen molar-refractivity contribution in [3.8, 4) is 0 Å². The van der Waals surface area contributed by atoms with E-state index < -0.39 is 18.2 Å². The second kappa shape index (κ2) is 9.85. The Morgan fingerprint density at radius 3 is 2.42 bits per heavy atom. The Hall–Kier alpha value is -2.50. The van der Waals surface area contributed by atoms with Crippen LogP contribution in [0.3, 0.4) is 0 Å². The van der Waals surface area contributed by atoms with Gasteiger partial charge in [0.15, 0.2) is 0 Å². The Labute approximate surface area is 152 Å². The van der Waals surface area contributed by atoms with Crippen LogP contribution in [0.25, 0.3) is 6.08 Å². The Balaban J connectivity index is 1.96. The molecule has 0 aliphatic rings. The summed E-state index contributed by atoms with van der Waals surface area (Å²) in [4.78, 5) is 10.5. The number of halogens is 1. The molecule has 2 rings (SSSR count). The van der Waals surface area contributed by atoms with Crippen LogP contribution in [0, 0.1) is 5.82 Å². The summed E-state index contributed by atoms with van der Waals surface area (Å²) in [6, 6.07) is 14.2. The van der Waals surface area contributed by atoms with E-state index in [-0.39, 0.29) is 18.7 Å². The molecule has 0 saturated carbocycles. The molecule has 0 spiro atoms. The number of aliphatic carboxylic acids is 1. The third kappa shape index (κ3) is 6.78. The number of aryl methyl sites for hydroxylation is 2. The fourth-order valence-corrected chi connectivity index (χ4v) is 2.71. The van der Waals surface area contributed by atoms with Crippen LogP contribution >= 0.6 is 0 Å². The Morgan fingerprint density at radius 2 is 1.73 bits per heavy atom. The lowest BCUT2D eigenvalue weighted by atomic mass is 9.99. The Kier molecular flexibility index (Phi) is 7.51. The molecule has 2 atom stereocenters. The first-order valence-corrected chi connectivity index (χ1v) is 8.52. The standard InChI is InChI=1S/C21H23FO4/c22-18-10-6-15(7-11-18)5-8-16-3-1-2-4-17(16)9-12-19(23)13-20(24)14-21(25)26/h1-4,6-7,9-12,19-20,23-24H,5,8,13-14H2,(H,25,26)/b12-9+/t19-,20-/m1/s1. The van der Waals surface area contributed by atoms with E-state index in [0.29, 0.717) is 0 Å². The van der Waals surface area contributed by atoms with Crippen molar-refractivity contribution in [1.29, 1.82) is 0 Å². The number of carbonyl (C=O) groups is 1. The largest absolute Gasteiger partial charge is 0.481 e.